The summed E-state index contributed by atoms with van der Waals surface area (Å²) in [4.78, 5) is 2.58. The zero-order chi connectivity index (χ0) is 13.0. The monoisotopic (exact) mass is 269 g/mol. The molecule has 1 aliphatic heterocycles. The Bertz CT molecular complexity index is 477. The number of rotatable bonds is 3. The van der Waals surface area contributed by atoms with Crippen molar-refractivity contribution in [3.8, 4) is 0 Å². The van der Waals surface area contributed by atoms with Crippen LogP contribution in [-0.4, -0.2) is 41.6 Å². The maximum absolute atomic E-state index is 11.6. The number of nitrogens with zero attached hydrogens (tertiary/aromatic N) is 1. The van der Waals surface area contributed by atoms with Crippen molar-refractivity contribution in [2.75, 3.05) is 38.1 Å². The molecule has 1 aliphatic rings. The van der Waals surface area contributed by atoms with Crippen LogP contribution in [0.3, 0.4) is 0 Å². The first-order chi connectivity index (χ1) is 8.63. The van der Waals surface area contributed by atoms with Crippen LogP contribution in [0.4, 0.5) is 5.69 Å². The first-order valence-corrected chi connectivity index (χ1v) is 7.61. The summed E-state index contributed by atoms with van der Waals surface area (Å²) in [6.45, 7) is 3.97. The van der Waals surface area contributed by atoms with E-state index in [1.807, 2.05) is 12.1 Å². The molecule has 0 atom stereocenters. The van der Waals surface area contributed by atoms with Gasteiger partial charge in [0.25, 0.3) is 0 Å². The van der Waals surface area contributed by atoms with Crippen LogP contribution in [-0.2, 0) is 10.0 Å². The molecule has 0 amide bonds. The van der Waals surface area contributed by atoms with E-state index in [1.165, 1.54) is 7.05 Å². The van der Waals surface area contributed by atoms with Gasteiger partial charge >= 0.3 is 0 Å². The fourth-order valence-electron chi connectivity index (χ4n) is 2.06. The van der Waals surface area contributed by atoms with Gasteiger partial charge in [-0.3, -0.25) is 0 Å². The predicted molar refractivity (Wildman–Crippen MR) is 72.4 cm³/mol. The molecule has 1 aromatic carbocycles. The topological polar surface area (TPSA) is 61.4 Å². The fourth-order valence-corrected chi connectivity index (χ4v) is 2.79. The van der Waals surface area contributed by atoms with Crippen LogP contribution in [0.5, 0.6) is 0 Å². The number of sulfonamides is 1. The molecule has 0 aliphatic carbocycles. The minimum absolute atomic E-state index is 0.307. The molecule has 1 aromatic rings. The highest BCUT2D eigenvalue weighted by Gasteiger charge is 2.13. The van der Waals surface area contributed by atoms with E-state index in [4.69, 9.17) is 0 Å². The summed E-state index contributed by atoms with van der Waals surface area (Å²) >= 11 is 0. The van der Waals surface area contributed by atoms with E-state index in [1.54, 1.807) is 12.1 Å². The number of benzene rings is 1. The third kappa shape index (κ3) is 3.01. The maximum Gasteiger partial charge on any atom is 0.240 e. The highest BCUT2D eigenvalue weighted by molar-refractivity contribution is 7.89. The third-order valence-electron chi connectivity index (χ3n) is 3.12. The first kappa shape index (κ1) is 13.3. The van der Waals surface area contributed by atoms with E-state index in [2.05, 4.69) is 14.9 Å². The maximum atomic E-state index is 11.6. The fraction of sp³-hybridized carbons (Fsp3) is 0.500. The number of anilines is 1. The Labute approximate surface area is 108 Å². The summed E-state index contributed by atoms with van der Waals surface area (Å²) in [6, 6.07) is 7.05. The Morgan fingerprint density at radius 1 is 1.17 bits per heavy atom. The SMILES string of the molecule is CNS(=O)(=O)c1ccc(N2CCCNCC2)cc1. The van der Waals surface area contributed by atoms with Crippen molar-refractivity contribution >= 4 is 15.7 Å². The van der Waals surface area contributed by atoms with Gasteiger partial charge in [-0.1, -0.05) is 0 Å². The average molecular weight is 269 g/mol. The quantitative estimate of drug-likeness (QED) is 0.833. The van der Waals surface area contributed by atoms with Gasteiger partial charge in [0.15, 0.2) is 0 Å². The Hall–Kier alpha value is -1.11. The van der Waals surface area contributed by atoms with Crippen LogP contribution in [0.1, 0.15) is 6.42 Å². The lowest BCUT2D eigenvalue weighted by Gasteiger charge is -2.22. The van der Waals surface area contributed by atoms with E-state index >= 15 is 0 Å². The molecule has 2 N–H and O–H groups in total. The van der Waals surface area contributed by atoms with Crippen LogP contribution in [0, 0.1) is 0 Å². The van der Waals surface area contributed by atoms with Gasteiger partial charge in [-0.2, -0.15) is 0 Å². The molecule has 0 bridgehead atoms. The summed E-state index contributed by atoms with van der Waals surface area (Å²) in [6.07, 6.45) is 1.11. The van der Waals surface area contributed by atoms with Crippen molar-refractivity contribution in [2.45, 2.75) is 11.3 Å². The largest absolute Gasteiger partial charge is 0.370 e. The number of hydrogen-bond donors (Lipinski definition) is 2. The summed E-state index contributed by atoms with van der Waals surface area (Å²) in [5, 5.41) is 3.34. The minimum atomic E-state index is -3.33. The van der Waals surface area contributed by atoms with Gasteiger partial charge in [0, 0.05) is 25.3 Å². The van der Waals surface area contributed by atoms with Crippen molar-refractivity contribution in [1.29, 1.82) is 0 Å². The molecule has 5 nitrogen and oxygen atoms in total. The Kier molecular flexibility index (Phi) is 4.21. The summed E-state index contributed by atoms with van der Waals surface area (Å²) < 4.78 is 25.5. The molecule has 100 valence electrons. The van der Waals surface area contributed by atoms with Gasteiger partial charge in [0.2, 0.25) is 10.0 Å². The molecule has 0 spiro atoms. The normalized spacial score (nSPS) is 17.5. The van der Waals surface area contributed by atoms with Crippen molar-refractivity contribution in [3.05, 3.63) is 24.3 Å². The molecule has 1 saturated heterocycles. The van der Waals surface area contributed by atoms with Crippen molar-refractivity contribution in [2.24, 2.45) is 0 Å². The Morgan fingerprint density at radius 3 is 2.56 bits per heavy atom. The van der Waals surface area contributed by atoms with Crippen LogP contribution >= 0.6 is 0 Å². The van der Waals surface area contributed by atoms with Crippen molar-refractivity contribution < 1.29 is 8.42 Å². The van der Waals surface area contributed by atoms with Crippen molar-refractivity contribution in [1.82, 2.24) is 10.0 Å². The van der Waals surface area contributed by atoms with Crippen LogP contribution in [0.25, 0.3) is 0 Å². The molecular weight excluding hydrogens is 250 g/mol. The second kappa shape index (κ2) is 5.69. The molecule has 18 heavy (non-hydrogen) atoms. The second-order valence-corrected chi connectivity index (χ2v) is 6.18. The van der Waals surface area contributed by atoms with E-state index < -0.39 is 10.0 Å². The molecule has 1 fully saturated rings. The number of hydrogen-bond acceptors (Lipinski definition) is 4. The van der Waals surface area contributed by atoms with Gasteiger partial charge in [-0.15, -0.1) is 0 Å². The van der Waals surface area contributed by atoms with Gasteiger partial charge in [-0.25, -0.2) is 13.1 Å². The number of nitrogens with one attached hydrogen (secondary N) is 2. The molecule has 6 heteroatoms. The lowest BCUT2D eigenvalue weighted by Crippen LogP contribution is -2.27. The summed E-state index contributed by atoms with van der Waals surface area (Å²) in [5.74, 6) is 0. The average Bonchev–Trinajstić information content (AvgIpc) is 2.68. The molecule has 2 rings (SSSR count). The highest BCUT2D eigenvalue weighted by atomic mass is 32.2. The minimum Gasteiger partial charge on any atom is -0.370 e. The standard InChI is InChI=1S/C12H19N3O2S/c1-13-18(16,17)12-5-3-11(4-6-12)15-9-2-7-14-8-10-15/h3-6,13-14H,2,7-10H2,1H3. The molecule has 0 aromatic heterocycles. The van der Waals surface area contributed by atoms with Crippen LogP contribution < -0.4 is 14.9 Å². The van der Waals surface area contributed by atoms with E-state index in [9.17, 15) is 8.42 Å². The van der Waals surface area contributed by atoms with Gasteiger partial charge < -0.3 is 10.2 Å². The lowest BCUT2D eigenvalue weighted by atomic mass is 10.2. The van der Waals surface area contributed by atoms with Gasteiger partial charge in [0.05, 0.1) is 4.90 Å². The molecule has 0 saturated carbocycles. The summed E-state index contributed by atoms with van der Waals surface area (Å²) in [7, 11) is -1.91. The van der Waals surface area contributed by atoms with Crippen LogP contribution in [0.2, 0.25) is 0 Å². The van der Waals surface area contributed by atoms with Crippen LogP contribution in [0.15, 0.2) is 29.2 Å². The zero-order valence-electron chi connectivity index (χ0n) is 10.5. The Balaban J connectivity index is 2.16. The predicted octanol–water partition coefficient (Wildman–Crippen LogP) is 0.394. The molecular formula is C12H19N3O2S. The van der Waals surface area contributed by atoms with E-state index in [0.717, 1.165) is 38.3 Å². The van der Waals surface area contributed by atoms with Crippen molar-refractivity contribution in [3.63, 3.8) is 0 Å². The molecule has 0 radical (unpaired) electrons. The third-order valence-corrected chi connectivity index (χ3v) is 4.55. The van der Waals surface area contributed by atoms with E-state index in [0.29, 0.717) is 4.90 Å². The first-order valence-electron chi connectivity index (χ1n) is 6.13. The van der Waals surface area contributed by atoms with Gasteiger partial charge in [-0.05, 0) is 44.3 Å². The lowest BCUT2D eigenvalue weighted by molar-refractivity contribution is 0.588. The Morgan fingerprint density at radius 2 is 1.89 bits per heavy atom. The molecule has 0 unspecified atom stereocenters. The zero-order valence-corrected chi connectivity index (χ0v) is 11.3. The van der Waals surface area contributed by atoms with Gasteiger partial charge in [0.1, 0.15) is 0 Å². The second-order valence-electron chi connectivity index (χ2n) is 4.29. The smallest absolute Gasteiger partial charge is 0.240 e. The summed E-state index contributed by atoms with van der Waals surface area (Å²) in [5.41, 5.74) is 1.08. The molecule has 1 heterocycles. The van der Waals surface area contributed by atoms with E-state index in [-0.39, 0.29) is 0 Å². The highest BCUT2D eigenvalue weighted by Crippen LogP contribution is 2.18.